The fourth-order valence-electron chi connectivity index (χ4n) is 1.77. The number of rotatable bonds is 3. The lowest BCUT2D eigenvalue weighted by molar-refractivity contribution is 0.785. The Bertz CT molecular complexity index is 342. The second-order valence-electron chi connectivity index (χ2n) is 3.80. The van der Waals surface area contributed by atoms with Gasteiger partial charge in [0.1, 0.15) is 11.6 Å². The van der Waals surface area contributed by atoms with Crippen molar-refractivity contribution in [3.05, 3.63) is 6.07 Å². The molecule has 2 rings (SSSR count). The molecule has 94 valence electrons. The van der Waals surface area contributed by atoms with Crippen LogP contribution in [-0.4, -0.2) is 47.9 Å². The van der Waals surface area contributed by atoms with Crippen molar-refractivity contribution < 1.29 is 0 Å². The van der Waals surface area contributed by atoms with Gasteiger partial charge in [-0.05, 0) is 18.4 Å². The van der Waals surface area contributed by atoms with Crippen LogP contribution in [0.4, 0.5) is 11.6 Å². The third-order valence-electron chi connectivity index (χ3n) is 2.68. The summed E-state index contributed by atoms with van der Waals surface area (Å²) in [6.07, 6.45) is 3.25. The Hall–Kier alpha value is -0.620. The van der Waals surface area contributed by atoms with Crippen molar-refractivity contribution in [2.24, 2.45) is 0 Å². The van der Waals surface area contributed by atoms with E-state index in [-0.39, 0.29) is 0 Å². The van der Waals surface area contributed by atoms with Crippen LogP contribution in [0.1, 0.15) is 6.42 Å². The Morgan fingerprint density at radius 2 is 2.24 bits per heavy atom. The minimum Gasteiger partial charge on any atom is -0.373 e. The maximum atomic E-state index is 4.59. The van der Waals surface area contributed by atoms with E-state index in [4.69, 9.17) is 0 Å². The summed E-state index contributed by atoms with van der Waals surface area (Å²) < 4.78 is 0. The van der Waals surface area contributed by atoms with E-state index < -0.39 is 0 Å². The van der Waals surface area contributed by atoms with Crippen LogP contribution in [0, 0.1) is 0 Å². The number of nitrogens with zero attached hydrogens (tertiary/aromatic N) is 3. The van der Waals surface area contributed by atoms with Crippen molar-refractivity contribution in [1.82, 2.24) is 9.97 Å². The summed E-state index contributed by atoms with van der Waals surface area (Å²) in [5, 5.41) is 3.94. The lowest BCUT2D eigenvalue weighted by Gasteiger charge is -2.21. The highest BCUT2D eigenvalue weighted by Gasteiger charge is 2.13. The van der Waals surface area contributed by atoms with Gasteiger partial charge in [-0.25, -0.2) is 9.97 Å². The molecule has 0 saturated carbocycles. The minimum absolute atomic E-state index is 0.837. The normalized spacial score (nSPS) is 16.7. The Labute approximate surface area is 111 Å². The molecule has 2 heterocycles. The van der Waals surface area contributed by atoms with Crippen molar-refractivity contribution in [2.75, 3.05) is 48.1 Å². The van der Waals surface area contributed by atoms with E-state index in [0.29, 0.717) is 0 Å². The second kappa shape index (κ2) is 6.35. The van der Waals surface area contributed by atoms with Crippen LogP contribution in [0.2, 0.25) is 0 Å². The topological polar surface area (TPSA) is 41.0 Å². The lowest BCUT2D eigenvalue weighted by Crippen LogP contribution is -2.26. The Balaban J connectivity index is 2.22. The summed E-state index contributed by atoms with van der Waals surface area (Å²) >= 11 is 3.62. The molecule has 0 atom stereocenters. The quantitative estimate of drug-likeness (QED) is 0.671. The summed E-state index contributed by atoms with van der Waals surface area (Å²) in [5.41, 5.74) is 0. The molecule has 4 nitrogen and oxygen atoms in total. The lowest BCUT2D eigenvalue weighted by atomic mass is 10.4. The van der Waals surface area contributed by atoms with Crippen molar-refractivity contribution in [2.45, 2.75) is 11.6 Å². The number of aromatic nitrogens is 2. The van der Waals surface area contributed by atoms with Crippen LogP contribution in [0.25, 0.3) is 0 Å². The largest absolute Gasteiger partial charge is 0.373 e. The van der Waals surface area contributed by atoms with Crippen LogP contribution in [0.3, 0.4) is 0 Å². The van der Waals surface area contributed by atoms with Crippen molar-refractivity contribution >= 4 is 35.2 Å². The van der Waals surface area contributed by atoms with Gasteiger partial charge in [0.2, 0.25) is 0 Å². The summed E-state index contributed by atoms with van der Waals surface area (Å²) in [6, 6.07) is 2.04. The highest BCUT2D eigenvalue weighted by molar-refractivity contribution is 7.99. The first-order chi connectivity index (χ1) is 8.33. The molecule has 0 amide bonds. The molecule has 0 spiro atoms. The average Bonchev–Trinajstić information content (AvgIpc) is 2.67. The number of thioether (sulfide) groups is 2. The van der Waals surface area contributed by atoms with Gasteiger partial charge in [-0.2, -0.15) is 11.8 Å². The van der Waals surface area contributed by atoms with Gasteiger partial charge < -0.3 is 10.2 Å². The van der Waals surface area contributed by atoms with Crippen molar-refractivity contribution in [3.63, 3.8) is 0 Å². The number of hydrogen-bond acceptors (Lipinski definition) is 6. The van der Waals surface area contributed by atoms with E-state index in [9.17, 15) is 0 Å². The first kappa shape index (κ1) is 12.8. The van der Waals surface area contributed by atoms with Crippen molar-refractivity contribution in [3.8, 4) is 0 Å². The molecule has 1 aliphatic heterocycles. The zero-order valence-corrected chi connectivity index (χ0v) is 11.9. The molecule has 1 aliphatic rings. The predicted octanol–water partition coefficient (Wildman–Crippen LogP) is 2.18. The molecular weight excluding hydrogens is 252 g/mol. The predicted molar refractivity (Wildman–Crippen MR) is 77.5 cm³/mol. The Morgan fingerprint density at radius 1 is 1.35 bits per heavy atom. The van der Waals surface area contributed by atoms with Crippen LogP contribution < -0.4 is 10.2 Å². The average molecular weight is 270 g/mol. The maximum absolute atomic E-state index is 4.59. The first-order valence-electron chi connectivity index (χ1n) is 5.77. The third kappa shape index (κ3) is 3.42. The van der Waals surface area contributed by atoms with Gasteiger partial charge in [0.25, 0.3) is 0 Å². The van der Waals surface area contributed by atoms with Crippen LogP contribution in [0.5, 0.6) is 0 Å². The maximum Gasteiger partial charge on any atom is 0.191 e. The molecule has 6 heteroatoms. The molecule has 1 fully saturated rings. The third-order valence-corrected chi connectivity index (χ3v) is 4.27. The summed E-state index contributed by atoms with van der Waals surface area (Å²) in [5.74, 6) is 4.40. The second-order valence-corrected chi connectivity index (χ2v) is 5.80. The van der Waals surface area contributed by atoms with E-state index in [1.54, 1.807) is 11.8 Å². The van der Waals surface area contributed by atoms with E-state index in [2.05, 4.69) is 20.2 Å². The van der Waals surface area contributed by atoms with Crippen LogP contribution in [0.15, 0.2) is 11.2 Å². The highest BCUT2D eigenvalue weighted by atomic mass is 32.2. The minimum atomic E-state index is 0.837. The van der Waals surface area contributed by atoms with Crippen LogP contribution in [-0.2, 0) is 0 Å². The van der Waals surface area contributed by atoms with Gasteiger partial charge in [0.15, 0.2) is 5.16 Å². The van der Waals surface area contributed by atoms with Gasteiger partial charge in [-0.1, -0.05) is 11.8 Å². The van der Waals surface area contributed by atoms with E-state index in [0.717, 1.165) is 29.9 Å². The standard InChI is InChI=1S/C11H18N4S2/c1-12-9-8-10(14-11(13-9)16-2)15-4-3-6-17-7-5-15/h8H,3-7H2,1-2H3,(H,12,13,14). The molecule has 1 aromatic heterocycles. The molecule has 1 aromatic rings. The molecule has 0 radical (unpaired) electrons. The Kier molecular flexibility index (Phi) is 4.79. The zero-order valence-electron chi connectivity index (χ0n) is 10.3. The van der Waals surface area contributed by atoms with Gasteiger partial charge in [-0.3, -0.25) is 0 Å². The summed E-state index contributed by atoms with van der Waals surface area (Å²) in [6.45, 7) is 2.18. The molecular formula is C11H18N4S2. The molecule has 0 unspecified atom stereocenters. The smallest absolute Gasteiger partial charge is 0.191 e. The zero-order chi connectivity index (χ0) is 12.1. The van der Waals surface area contributed by atoms with E-state index >= 15 is 0 Å². The first-order valence-corrected chi connectivity index (χ1v) is 8.15. The molecule has 0 aromatic carbocycles. The SMILES string of the molecule is CNc1cc(N2CCCSCC2)nc(SC)n1. The van der Waals surface area contributed by atoms with E-state index in [1.165, 1.54) is 17.9 Å². The van der Waals surface area contributed by atoms with E-state index in [1.807, 2.05) is 31.1 Å². The number of anilines is 2. The summed E-state index contributed by atoms with van der Waals surface area (Å²) in [7, 11) is 1.90. The fraction of sp³-hybridized carbons (Fsp3) is 0.636. The molecule has 0 bridgehead atoms. The highest BCUT2D eigenvalue weighted by Crippen LogP contribution is 2.22. The van der Waals surface area contributed by atoms with Gasteiger partial charge in [-0.15, -0.1) is 0 Å². The molecule has 0 aliphatic carbocycles. The van der Waals surface area contributed by atoms with Crippen LogP contribution >= 0.6 is 23.5 Å². The fourth-order valence-corrected chi connectivity index (χ4v) is 3.03. The molecule has 1 N–H and O–H groups in total. The number of hydrogen-bond donors (Lipinski definition) is 1. The van der Waals surface area contributed by atoms with Gasteiger partial charge in [0, 0.05) is 32.0 Å². The monoisotopic (exact) mass is 270 g/mol. The van der Waals surface area contributed by atoms with Gasteiger partial charge in [0.05, 0.1) is 0 Å². The summed E-state index contributed by atoms with van der Waals surface area (Å²) in [4.78, 5) is 11.4. The van der Waals surface area contributed by atoms with Gasteiger partial charge >= 0.3 is 0 Å². The Morgan fingerprint density at radius 3 is 3.00 bits per heavy atom. The number of nitrogens with one attached hydrogen (secondary N) is 1. The molecule has 17 heavy (non-hydrogen) atoms. The van der Waals surface area contributed by atoms with Crippen molar-refractivity contribution in [1.29, 1.82) is 0 Å². The molecule has 1 saturated heterocycles.